The molecule has 1 aromatic rings. The number of aliphatic hydroxyl groups is 1. The molecule has 0 heterocycles. The van der Waals surface area contributed by atoms with Crippen LogP contribution in [0.15, 0.2) is 12.1 Å². The Morgan fingerprint density at radius 1 is 1.40 bits per heavy atom. The summed E-state index contributed by atoms with van der Waals surface area (Å²) < 4.78 is 5.82. The van der Waals surface area contributed by atoms with Crippen molar-refractivity contribution in [3.8, 4) is 5.75 Å². The summed E-state index contributed by atoms with van der Waals surface area (Å²) in [5.41, 5.74) is 7.80. The predicted molar refractivity (Wildman–Crippen MR) is 84.5 cm³/mol. The molecular formula is C16H26ClNO2. The van der Waals surface area contributed by atoms with E-state index in [1.54, 1.807) is 0 Å². The summed E-state index contributed by atoms with van der Waals surface area (Å²) in [6, 6.07) is 3.97. The zero-order valence-corrected chi connectivity index (χ0v) is 13.4. The van der Waals surface area contributed by atoms with Crippen molar-refractivity contribution in [3.05, 3.63) is 28.3 Å². The van der Waals surface area contributed by atoms with Gasteiger partial charge in [0.1, 0.15) is 5.75 Å². The Labute approximate surface area is 127 Å². The largest absolute Gasteiger partial charge is 0.493 e. The van der Waals surface area contributed by atoms with E-state index in [9.17, 15) is 5.11 Å². The molecule has 0 aliphatic rings. The highest BCUT2D eigenvalue weighted by atomic mass is 35.5. The highest BCUT2D eigenvalue weighted by molar-refractivity contribution is 6.31. The average Bonchev–Trinajstić information content (AvgIpc) is 2.42. The van der Waals surface area contributed by atoms with Gasteiger partial charge in [-0.25, -0.2) is 0 Å². The lowest BCUT2D eigenvalue weighted by Crippen LogP contribution is -2.26. The van der Waals surface area contributed by atoms with Gasteiger partial charge in [-0.05, 0) is 61.4 Å². The van der Waals surface area contributed by atoms with Crippen molar-refractivity contribution in [2.45, 2.75) is 33.6 Å². The van der Waals surface area contributed by atoms with Gasteiger partial charge in [0.25, 0.3) is 0 Å². The lowest BCUT2D eigenvalue weighted by molar-refractivity contribution is 0.186. The summed E-state index contributed by atoms with van der Waals surface area (Å²) in [6.45, 7) is 7.46. The average molecular weight is 300 g/mol. The summed E-state index contributed by atoms with van der Waals surface area (Å²) in [7, 11) is 0. The maximum Gasteiger partial charge on any atom is 0.122 e. The smallest absolute Gasteiger partial charge is 0.122 e. The number of halogens is 1. The molecular weight excluding hydrogens is 274 g/mol. The third-order valence-electron chi connectivity index (χ3n) is 3.69. The van der Waals surface area contributed by atoms with Gasteiger partial charge in [-0.2, -0.15) is 0 Å². The van der Waals surface area contributed by atoms with Crippen LogP contribution < -0.4 is 10.5 Å². The van der Waals surface area contributed by atoms with Crippen molar-refractivity contribution >= 4 is 11.6 Å². The first-order chi connectivity index (χ1) is 9.53. The topological polar surface area (TPSA) is 55.5 Å². The molecule has 4 heteroatoms. The van der Waals surface area contributed by atoms with Crippen molar-refractivity contribution in [1.82, 2.24) is 0 Å². The molecule has 0 aliphatic heterocycles. The van der Waals surface area contributed by atoms with E-state index in [4.69, 9.17) is 22.1 Å². The number of aliphatic hydroxyl groups excluding tert-OH is 1. The van der Waals surface area contributed by atoms with Gasteiger partial charge in [-0.1, -0.05) is 25.4 Å². The second kappa shape index (κ2) is 8.50. The maximum absolute atomic E-state index is 9.35. The quantitative estimate of drug-likeness (QED) is 0.775. The van der Waals surface area contributed by atoms with Crippen molar-refractivity contribution in [1.29, 1.82) is 0 Å². The second-order valence-electron chi connectivity index (χ2n) is 5.42. The third-order valence-corrected chi connectivity index (χ3v) is 4.09. The first kappa shape index (κ1) is 17.3. The van der Waals surface area contributed by atoms with E-state index in [-0.39, 0.29) is 18.4 Å². The molecule has 0 bridgehead atoms. The summed E-state index contributed by atoms with van der Waals surface area (Å²) in [5.74, 6) is 1.29. The number of rotatable bonds is 8. The minimum atomic E-state index is 0.106. The molecule has 3 nitrogen and oxygen atoms in total. The minimum Gasteiger partial charge on any atom is -0.493 e. The van der Waals surface area contributed by atoms with Crippen molar-refractivity contribution in [2.24, 2.45) is 17.6 Å². The molecule has 1 aromatic carbocycles. The van der Waals surface area contributed by atoms with Crippen LogP contribution in [0.4, 0.5) is 0 Å². The maximum atomic E-state index is 9.35. The van der Waals surface area contributed by atoms with Crippen LogP contribution in [0.2, 0.25) is 5.02 Å². The molecule has 0 radical (unpaired) electrons. The normalized spacial score (nSPS) is 14.1. The Morgan fingerprint density at radius 3 is 2.65 bits per heavy atom. The Morgan fingerprint density at radius 2 is 2.10 bits per heavy atom. The van der Waals surface area contributed by atoms with Crippen LogP contribution in [0.3, 0.4) is 0 Å². The molecule has 2 unspecified atom stereocenters. The second-order valence-corrected chi connectivity index (χ2v) is 5.82. The Balaban J connectivity index is 2.93. The highest BCUT2D eigenvalue weighted by Gasteiger charge is 2.18. The number of aryl methyl sites for hydroxylation is 1. The van der Waals surface area contributed by atoms with Gasteiger partial charge < -0.3 is 15.6 Å². The zero-order valence-electron chi connectivity index (χ0n) is 12.7. The molecule has 0 saturated carbocycles. The number of benzene rings is 1. The Kier molecular flexibility index (Phi) is 7.35. The number of ether oxygens (including phenoxy) is 1. The molecule has 20 heavy (non-hydrogen) atoms. The van der Waals surface area contributed by atoms with Gasteiger partial charge in [0.2, 0.25) is 0 Å². The molecule has 0 aliphatic carbocycles. The molecule has 0 aromatic heterocycles. The lowest BCUT2D eigenvalue weighted by atomic mass is 9.88. The Bertz CT molecular complexity index is 419. The molecule has 0 saturated heterocycles. The predicted octanol–water partition coefficient (Wildman–Crippen LogP) is 3.18. The van der Waals surface area contributed by atoms with Crippen molar-refractivity contribution in [3.63, 3.8) is 0 Å². The summed E-state index contributed by atoms with van der Waals surface area (Å²) in [4.78, 5) is 0. The van der Waals surface area contributed by atoms with Crippen LogP contribution >= 0.6 is 11.6 Å². The van der Waals surface area contributed by atoms with E-state index < -0.39 is 0 Å². The first-order valence-corrected chi connectivity index (χ1v) is 7.64. The van der Waals surface area contributed by atoms with E-state index in [0.717, 1.165) is 34.7 Å². The first-order valence-electron chi connectivity index (χ1n) is 7.26. The van der Waals surface area contributed by atoms with Crippen LogP contribution in [-0.4, -0.2) is 24.9 Å². The fourth-order valence-corrected chi connectivity index (χ4v) is 2.39. The summed E-state index contributed by atoms with van der Waals surface area (Å²) in [6.07, 6.45) is 1.78. The van der Waals surface area contributed by atoms with E-state index in [0.29, 0.717) is 13.2 Å². The molecule has 1 rings (SSSR count). The molecule has 3 N–H and O–H groups in total. The van der Waals surface area contributed by atoms with Crippen LogP contribution in [0.1, 0.15) is 31.4 Å². The van der Waals surface area contributed by atoms with Gasteiger partial charge >= 0.3 is 0 Å². The van der Waals surface area contributed by atoms with Gasteiger partial charge in [0, 0.05) is 11.6 Å². The zero-order chi connectivity index (χ0) is 15.1. The van der Waals surface area contributed by atoms with Gasteiger partial charge in [0.15, 0.2) is 0 Å². The fourth-order valence-electron chi connectivity index (χ4n) is 2.20. The summed E-state index contributed by atoms with van der Waals surface area (Å²) in [5, 5.41) is 10.1. The Hall–Kier alpha value is -0.770. The van der Waals surface area contributed by atoms with Crippen molar-refractivity contribution in [2.75, 3.05) is 19.8 Å². The van der Waals surface area contributed by atoms with Gasteiger partial charge in [-0.15, -0.1) is 0 Å². The molecule has 0 fully saturated rings. The third kappa shape index (κ3) is 4.65. The molecule has 2 atom stereocenters. The number of nitrogens with two attached hydrogens (primary N) is 1. The standard InChI is InChI=1S/C16H26ClNO2/c1-4-5-20-16-7-12(3)15(17)8-13(16)6-11(2)14(9-18)10-19/h7-8,11,14,19H,4-6,9-10,18H2,1-3H3. The van der Waals surface area contributed by atoms with Crippen LogP contribution in [-0.2, 0) is 6.42 Å². The number of hydrogen-bond acceptors (Lipinski definition) is 3. The van der Waals surface area contributed by atoms with Crippen molar-refractivity contribution < 1.29 is 9.84 Å². The van der Waals surface area contributed by atoms with Crippen LogP contribution in [0.25, 0.3) is 0 Å². The summed E-state index contributed by atoms with van der Waals surface area (Å²) >= 11 is 6.22. The number of hydrogen-bond donors (Lipinski definition) is 2. The van der Waals surface area contributed by atoms with E-state index in [2.05, 4.69) is 13.8 Å². The lowest BCUT2D eigenvalue weighted by Gasteiger charge is -2.22. The monoisotopic (exact) mass is 299 g/mol. The van der Waals surface area contributed by atoms with Gasteiger partial charge in [0.05, 0.1) is 6.61 Å². The minimum absolute atomic E-state index is 0.106. The van der Waals surface area contributed by atoms with E-state index in [1.807, 2.05) is 19.1 Å². The molecule has 0 spiro atoms. The van der Waals surface area contributed by atoms with E-state index in [1.165, 1.54) is 0 Å². The molecule has 114 valence electrons. The van der Waals surface area contributed by atoms with Gasteiger partial charge in [-0.3, -0.25) is 0 Å². The van der Waals surface area contributed by atoms with Crippen LogP contribution in [0.5, 0.6) is 5.75 Å². The highest BCUT2D eigenvalue weighted by Crippen LogP contribution is 2.30. The fraction of sp³-hybridized carbons (Fsp3) is 0.625. The SMILES string of the molecule is CCCOc1cc(C)c(Cl)cc1CC(C)C(CN)CO. The van der Waals surface area contributed by atoms with E-state index >= 15 is 0 Å². The molecule has 0 amide bonds. The van der Waals surface area contributed by atoms with Crippen LogP contribution in [0, 0.1) is 18.8 Å².